The van der Waals surface area contributed by atoms with Crippen LogP contribution in [0.4, 0.5) is 5.82 Å². The van der Waals surface area contributed by atoms with Gasteiger partial charge in [0.05, 0.1) is 12.9 Å². The molecule has 18 heavy (non-hydrogen) atoms. The number of anilines is 1. The van der Waals surface area contributed by atoms with E-state index >= 15 is 0 Å². The van der Waals surface area contributed by atoms with Crippen molar-refractivity contribution in [3.05, 3.63) is 11.9 Å². The van der Waals surface area contributed by atoms with Crippen molar-refractivity contribution in [3.8, 4) is 0 Å². The fourth-order valence-corrected chi connectivity index (χ4v) is 1.82. The molecule has 0 aliphatic heterocycles. The van der Waals surface area contributed by atoms with Gasteiger partial charge in [0, 0.05) is 12.7 Å². The fourth-order valence-electron chi connectivity index (χ4n) is 1.07. The van der Waals surface area contributed by atoms with Crippen molar-refractivity contribution >= 4 is 23.5 Å². The number of methoxy groups -OCH3 is 1. The van der Waals surface area contributed by atoms with Crippen LogP contribution in [0.5, 0.6) is 0 Å². The zero-order valence-electron chi connectivity index (χ0n) is 10.3. The van der Waals surface area contributed by atoms with Gasteiger partial charge in [0.1, 0.15) is 17.5 Å². The van der Waals surface area contributed by atoms with E-state index in [4.69, 9.17) is 10.6 Å². The summed E-state index contributed by atoms with van der Waals surface area (Å²) in [4.78, 5) is 19.4. The minimum absolute atomic E-state index is 0.186. The van der Waals surface area contributed by atoms with E-state index in [2.05, 4.69) is 20.1 Å². The van der Waals surface area contributed by atoms with Crippen LogP contribution < -0.4 is 11.3 Å². The van der Waals surface area contributed by atoms with E-state index in [1.54, 1.807) is 6.07 Å². The van der Waals surface area contributed by atoms with Gasteiger partial charge >= 0.3 is 5.97 Å². The Labute approximate surface area is 109 Å². The molecule has 0 aliphatic rings. The third-order valence-corrected chi connectivity index (χ3v) is 2.78. The number of hydrazine groups is 1. The number of nitrogens with two attached hydrogens (primary N) is 1. The zero-order valence-corrected chi connectivity index (χ0v) is 11.1. The van der Waals surface area contributed by atoms with Crippen molar-refractivity contribution < 1.29 is 14.3 Å². The van der Waals surface area contributed by atoms with Crippen molar-refractivity contribution in [2.45, 2.75) is 18.6 Å². The number of aromatic nitrogens is 2. The molecule has 1 rings (SSSR count). The molecule has 1 aromatic heterocycles. The smallest absolute Gasteiger partial charge is 0.316 e. The molecule has 1 aromatic rings. The standard InChI is InChI=1S/C10H16N4O3S/c1-3-17-5-8-12-7(14-11)4-9(13-8)18-6-10(15)16-2/h4H,3,5-6,11H2,1-2H3,(H,12,13,14). The summed E-state index contributed by atoms with van der Waals surface area (Å²) < 4.78 is 9.78. The second-order valence-corrected chi connectivity index (χ2v) is 4.15. The maximum Gasteiger partial charge on any atom is 0.316 e. The van der Waals surface area contributed by atoms with Crippen molar-refractivity contribution in [2.75, 3.05) is 24.9 Å². The van der Waals surface area contributed by atoms with Gasteiger partial charge < -0.3 is 14.9 Å². The van der Waals surface area contributed by atoms with Gasteiger partial charge in [-0.05, 0) is 6.92 Å². The lowest BCUT2D eigenvalue weighted by molar-refractivity contribution is -0.137. The average Bonchev–Trinajstić information content (AvgIpc) is 2.42. The molecular formula is C10H16N4O3S. The molecule has 3 N–H and O–H groups in total. The molecule has 0 unspecified atom stereocenters. The number of esters is 1. The molecule has 1 heterocycles. The molecule has 0 atom stereocenters. The molecule has 0 radical (unpaired) electrons. The highest BCUT2D eigenvalue weighted by Crippen LogP contribution is 2.18. The summed E-state index contributed by atoms with van der Waals surface area (Å²) in [5, 5.41) is 0.637. The Morgan fingerprint density at radius 1 is 1.56 bits per heavy atom. The first-order valence-electron chi connectivity index (χ1n) is 5.31. The van der Waals surface area contributed by atoms with E-state index in [1.165, 1.54) is 18.9 Å². The number of hydrogen-bond donors (Lipinski definition) is 2. The van der Waals surface area contributed by atoms with E-state index in [9.17, 15) is 4.79 Å². The number of carbonyl (C=O) groups excluding carboxylic acids is 1. The predicted molar refractivity (Wildman–Crippen MR) is 67.9 cm³/mol. The third kappa shape index (κ3) is 4.86. The molecule has 8 heteroatoms. The third-order valence-electron chi connectivity index (χ3n) is 1.90. The maximum atomic E-state index is 11.0. The van der Waals surface area contributed by atoms with E-state index < -0.39 is 0 Å². The normalized spacial score (nSPS) is 10.2. The lowest BCUT2D eigenvalue weighted by Gasteiger charge is -2.07. The number of thioether (sulfide) groups is 1. The van der Waals surface area contributed by atoms with Gasteiger partial charge in [0.15, 0.2) is 5.82 Å². The summed E-state index contributed by atoms with van der Waals surface area (Å²) >= 11 is 1.25. The molecule has 100 valence electrons. The van der Waals surface area contributed by atoms with Crippen LogP contribution in [0, 0.1) is 0 Å². The van der Waals surface area contributed by atoms with Gasteiger partial charge in [-0.15, -0.1) is 0 Å². The highest BCUT2D eigenvalue weighted by atomic mass is 32.2. The van der Waals surface area contributed by atoms with Crippen LogP contribution in [0.2, 0.25) is 0 Å². The highest BCUT2D eigenvalue weighted by Gasteiger charge is 2.07. The summed E-state index contributed by atoms with van der Waals surface area (Å²) in [6, 6.07) is 1.66. The Hall–Kier alpha value is -1.38. The van der Waals surface area contributed by atoms with E-state index in [-0.39, 0.29) is 11.7 Å². The first kappa shape index (κ1) is 14.7. The number of hydrogen-bond acceptors (Lipinski definition) is 8. The van der Waals surface area contributed by atoms with E-state index in [1.807, 2.05) is 6.92 Å². The maximum absolute atomic E-state index is 11.0. The molecular weight excluding hydrogens is 256 g/mol. The van der Waals surface area contributed by atoms with E-state index in [0.717, 1.165) is 0 Å². The Morgan fingerprint density at radius 2 is 2.33 bits per heavy atom. The van der Waals surface area contributed by atoms with Crippen LogP contribution in [0.15, 0.2) is 11.1 Å². The summed E-state index contributed by atoms with van der Waals surface area (Å²) in [5.41, 5.74) is 2.45. The number of rotatable bonds is 7. The Kier molecular flexibility index (Phi) is 6.40. The summed E-state index contributed by atoms with van der Waals surface area (Å²) in [6.45, 7) is 2.77. The molecule has 0 fully saturated rings. The Balaban J connectivity index is 2.73. The second-order valence-electron chi connectivity index (χ2n) is 3.15. The van der Waals surface area contributed by atoms with E-state index in [0.29, 0.717) is 29.9 Å². The molecule has 0 spiro atoms. The SMILES string of the molecule is CCOCc1nc(NN)cc(SCC(=O)OC)n1. The molecule has 0 aromatic carbocycles. The zero-order chi connectivity index (χ0) is 13.4. The summed E-state index contributed by atoms with van der Waals surface area (Å²) in [5.74, 6) is 6.18. The summed E-state index contributed by atoms with van der Waals surface area (Å²) in [7, 11) is 1.34. The second kappa shape index (κ2) is 7.85. The quantitative estimate of drug-likeness (QED) is 0.244. The monoisotopic (exact) mass is 272 g/mol. The van der Waals surface area contributed by atoms with Gasteiger partial charge in [-0.3, -0.25) is 4.79 Å². The first-order valence-corrected chi connectivity index (χ1v) is 6.30. The number of nitrogens with zero attached hydrogens (tertiary/aromatic N) is 2. The largest absolute Gasteiger partial charge is 0.468 e. The van der Waals surface area contributed by atoms with Crippen LogP contribution in [0.25, 0.3) is 0 Å². The molecule has 0 aliphatic carbocycles. The predicted octanol–water partition coefficient (Wildman–Crippen LogP) is 0.564. The van der Waals surface area contributed by atoms with Crippen LogP contribution >= 0.6 is 11.8 Å². The minimum Gasteiger partial charge on any atom is -0.468 e. The Bertz CT molecular complexity index is 403. The topological polar surface area (TPSA) is 99.4 Å². The number of ether oxygens (including phenoxy) is 2. The molecule has 0 saturated heterocycles. The van der Waals surface area contributed by atoms with Crippen molar-refractivity contribution in [1.82, 2.24) is 9.97 Å². The average molecular weight is 272 g/mol. The van der Waals surface area contributed by atoms with Gasteiger partial charge in [0.25, 0.3) is 0 Å². The first-order chi connectivity index (χ1) is 8.69. The highest BCUT2D eigenvalue weighted by molar-refractivity contribution is 7.99. The van der Waals surface area contributed by atoms with Gasteiger partial charge in [-0.1, -0.05) is 11.8 Å². The van der Waals surface area contributed by atoms with Gasteiger partial charge in [-0.25, -0.2) is 15.8 Å². The van der Waals surface area contributed by atoms with Crippen LogP contribution in [0.3, 0.4) is 0 Å². The molecule has 0 bridgehead atoms. The summed E-state index contributed by atoms with van der Waals surface area (Å²) in [6.07, 6.45) is 0. The number of carbonyl (C=O) groups is 1. The van der Waals surface area contributed by atoms with Gasteiger partial charge in [0.2, 0.25) is 0 Å². The molecule has 7 nitrogen and oxygen atoms in total. The van der Waals surface area contributed by atoms with Crippen LogP contribution in [-0.2, 0) is 20.9 Å². The van der Waals surface area contributed by atoms with Crippen molar-refractivity contribution in [1.29, 1.82) is 0 Å². The van der Waals surface area contributed by atoms with Crippen molar-refractivity contribution in [2.24, 2.45) is 5.84 Å². The van der Waals surface area contributed by atoms with Crippen molar-refractivity contribution in [3.63, 3.8) is 0 Å². The Morgan fingerprint density at radius 3 is 2.94 bits per heavy atom. The molecule has 0 saturated carbocycles. The molecule has 0 amide bonds. The minimum atomic E-state index is -0.313. The number of nitrogen functional groups attached to an aromatic ring is 1. The van der Waals surface area contributed by atoms with Crippen LogP contribution in [0.1, 0.15) is 12.7 Å². The lowest BCUT2D eigenvalue weighted by Crippen LogP contribution is -2.12. The number of nitrogens with one attached hydrogen (secondary N) is 1. The fraction of sp³-hybridized carbons (Fsp3) is 0.500. The van der Waals surface area contributed by atoms with Gasteiger partial charge in [-0.2, -0.15) is 0 Å². The lowest BCUT2D eigenvalue weighted by atomic mass is 10.5. The van der Waals surface area contributed by atoms with Crippen LogP contribution in [-0.4, -0.2) is 35.4 Å².